The molecule has 3 aromatic rings. The number of ketones is 1. The molecule has 0 aliphatic carbocycles. The van der Waals surface area contributed by atoms with E-state index < -0.39 is 17.7 Å². The molecular formula is C24H23ClN2O5. The maximum atomic E-state index is 13.1. The summed E-state index contributed by atoms with van der Waals surface area (Å²) < 4.78 is 10.4. The highest BCUT2D eigenvalue weighted by molar-refractivity contribution is 6.47. The Morgan fingerprint density at radius 1 is 1.19 bits per heavy atom. The fourth-order valence-electron chi connectivity index (χ4n) is 4.09. The maximum Gasteiger partial charge on any atom is 0.295 e. The van der Waals surface area contributed by atoms with Gasteiger partial charge in [0.1, 0.15) is 11.5 Å². The summed E-state index contributed by atoms with van der Waals surface area (Å²) in [5.74, 6) is -1.29. The number of para-hydroxylation sites is 1. The van der Waals surface area contributed by atoms with Crippen LogP contribution in [-0.4, -0.2) is 54.1 Å². The van der Waals surface area contributed by atoms with Crippen molar-refractivity contribution in [2.45, 2.75) is 12.5 Å². The Balaban J connectivity index is 1.92. The van der Waals surface area contributed by atoms with Crippen LogP contribution < -0.4 is 4.74 Å². The summed E-state index contributed by atoms with van der Waals surface area (Å²) in [4.78, 5) is 30.8. The number of aliphatic hydroxyl groups excluding tert-OH is 1. The number of nitrogens with one attached hydrogen (secondary N) is 1. The second-order valence-corrected chi connectivity index (χ2v) is 7.88. The number of likely N-dealkylation sites (tertiary alicyclic amines) is 1. The number of methoxy groups -OCH3 is 2. The van der Waals surface area contributed by atoms with Crippen LogP contribution >= 0.6 is 11.6 Å². The summed E-state index contributed by atoms with van der Waals surface area (Å²) in [5.41, 5.74) is 1.81. The lowest BCUT2D eigenvalue weighted by atomic mass is 9.94. The number of aliphatic hydroxyl groups is 1. The van der Waals surface area contributed by atoms with Gasteiger partial charge in [0.05, 0.1) is 23.7 Å². The lowest BCUT2D eigenvalue weighted by molar-refractivity contribution is -0.140. The van der Waals surface area contributed by atoms with Crippen LogP contribution in [0.3, 0.4) is 0 Å². The van der Waals surface area contributed by atoms with E-state index in [1.54, 1.807) is 31.5 Å². The molecule has 2 heterocycles. The maximum absolute atomic E-state index is 13.1. The molecular weight excluding hydrogens is 432 g/mol. The molecule has 0 bridgehead atoms. The molecule has 1 amide bonds. The van der Waals surface area contributed by atoms with Gasteiger partial charge in [0, 0.05) is 48.5 Å². The smallest absolute Gasteiger partial charge is 0.295 e. The van der Waals surface area contributed by atoms with E-state index in [0.29, 0.717) is 25.3 Å². The third kappa shape index (κ3) is 3.74. The number of ether oxygens (including phenoxy) is 2. The first-order valence-electron chi connectivity index (χ1n) is 10.1. The summed E-state index contributed by atoms with van der Waals surface area (Å²) in [6.45, 7) is 0.733. The summed E-state index contributed by atoms with van der Waals surface area (Å²) in [7, 11) is 3.07. The molecule has 8 heteroatoms. The predicted molar refractivity (Wildman–Crippen MR) is 122 cm³/mol. The Labute approximate surface area is 190 Å². The molecule has 1 aromatic heterocycles. The minimum absolute atomic E-state index is 0.00711. The number of H-pyrrole nitrogens is 1. The zero-order valence-corrected chi connectivity index (χ0v) is 18.5. The van der Waals surface area contributed by atoms with Crippen molar-refractivity contribution in [2.75, 3.05) is 27.4 Å². The molecule has 1 aliphatic heterocycles. The van der Waals surface area contributed by atoms with Gasteiger partial charge >= 0.3 is 0 Å². The molecule has 166 valence electrons. The van der Waals surface area contributed by atoms with E-state index in [1.807, 2.05) is 24.3 Å². The number of carbonyl (C=O) groups excluding carboxylic acids is 2. The van der Waals surface area contributed by atoms with Gasteiger partial charge in [-0.05, 0) is 30.7 Å². The van der Waals surface area contributed by atoms with Gasteiger partial charge in [-0.3, -0.25) is 9.59 Å². The van der Waals surface area contributed by atoms with Gasteiger partial charge in [0.15, 0.2) is 0 Å². The highest BCUT2D eigenvalue weighted by Gasteiger charge is 2.46. The van der Waals surface area contributed by atoms with Crippen LogP contribution in [0.25, 0.3) is 16.7 Å². The van der Waals surface area contributed by atoms with E-state index >= 15 is 0 Å². The van der Waals surface area contributed by atoms with Crippen molar-refractivity contribution in [3.8, 4) is 5.75 Å². The Morgan fingerprint density at radius 2 is 1.97 bits per heavy atom. The lowest BCUT2D eigenvalue weighted by Crippen LogP contribution is -2.31. The summed E-state index contributed by atoms with van der Waals surface area (Å²) in [6.07, 6.45) is 2.31. The van der Waals surface area contributed by atoms with Crippen LogP contribution in [0.4, 0.5) is 0 Å². The Bertz CT molecular complexity index is 1220. The number of halogens is 1. The Hall–Kier alpha value is -3.29. The average Bonchev–Trinajstić information content (AvgIpc) is 3.33. The fraction of sp³-hybridized carbons (Fsp3) is 0.250. The summed E-state index contributed by atoms with van der Waals surface area (Å²) in [5, 5.41) is 12.3. The number of amides is 1. The topological polar surface area (TPSA) is 91.9 Å². The van der Waals surface area contributed by atoms with E-state index in [-0.39, 0.29) is 21.9 Å². The molecule has 4 rings (SSSR count). The van der Waals surface area contributed by atoms with Crippen LogP contribution in [0.15, 0.2) is 54.2 Å². The van der Waals surface area contributed by atoms with Crippen molar-refractivity contribution in [3.05, 3.63) is 70.4 Å². The molecule has 0 spiro atoms. The zero-order chi connectivity index (χ0) is 22.8. The highest BCUT2D eigenvalue weighted by atomic mass is 35.5. The number of aromatic nitrogens is 1. The molecule has 32 heavy (non-hydrogen) atoms. The van der Waals surface area contributed by atoms with Crippen molar-refractivity contribution in [1.82, 2.24) is 9.88 Å². The SMILES string of the molecule is COCCCN1C(=O)C(=O)/C(=C(/O)c2cc(OC)ccc2Cl)C1c1c[nH]c2ccccc12. The molecule has 1 aliphatic rings. The van der Waals surface area contributed by atoms with E-state index in [0.717, 1.165) is 16.5 Å². The minimum Gasteiger partial charge on any atom is -0.507 e. The lowest BCUT2D eigenvalue weighted by Gasteiger charge is -2.25. The van der Waals surface area contributed by atoms with Crippen molar-refractivity contribution in [1.29, 1.82) is 0 Å². The monoisotopic (exact) mass is 454 g/mol. The van der Waals surface area contributed by atoms with E-state index in [4.69, 9.17) is 21.1 Å². The van der Waals surface area contributed by atoms with E-state index in [9.17, 15) is 14.7 Å². The molecule has 1 atom stereocenters. The van der Waals surface area contributed by atoms with Crippen molar-refractivity contribution in [2.24, 2.45) is 0 Å². The molecule has 2 N–H and O–H groups in total. The molecule has 1 fully saturated rings. The third-order valence-corrected chi connectivity index (χ3v) is 5.96. The second kappa shape index (κ2) is 9.06. The molecule has 7 nitrogen and oxygen atoms in total. The van der Waals surface area contributed by atoms with Crippen molar-refractivity contribution in [3.63, 3.8) is 0 Å². The number of aromatic amines is 1. The first-order valence-corrected chi connectivity index (χ1v) is 10.5. The number of hydrogen-bond acceptors (Lipinski definition) is 5. The molecule has 2 aromatic carbocycles. The van der Waals surface area contributed by atoms with Crippen LogP contribution in [0.2, 0.25) is 5.02 Å². The van der Waals surface area contributed by atoms with Gasteiger partial charge in [-0.1, -0.05) is 29.8 Å². The minimum atomic E-state index is -0.773. The van der Waals surface area contributed by atoms with Gasteiger partial charge in [-0.15, -0.1) is 0 Å². The van der Waals surface area contributed by atoms with E-state index in [2.05, 4.69) is 4.98 Å². The largest absolute Gasteiger partial charge is 0.507 e. The first kappa shape index (κ1) is 21.9. The zero-order valence-electron chi connectivity index (χ0n) is 17.7. The molecule has 0 saturated carbocycles. The van der Waals surface area contributed by atoms with Crippen LogP contribution in [0.1, 0.15) is 23.6 Å². The van der Waals surface area contributed by atoms with Crippen LogP contribution in [0, 0.1) is 0 Å². The average molecular weight is 455 g/mol. The number of carbonyl (C=O) groups is 2. The molecule has 0 radical (unpaired) electrons. The summed E-state index contributed by atoms with van der Waals surface area (Å²) in [6, 6.07) is 11.6. The van der Waals surface area contributed by atoms with Gasteiger partial charge in [0.25, 0.3) is 11.7 Å². The number of benzene rings is 2. The number of rotatable bonds is 7. The Morgan fingerprint density at radius 3 is 2.72 bits per heavy atom. The van der Waals surface area contributed by atoms with Crippen molar-refractivity contribution < 1.29 is 24.2 Å². The number of fused-ring (bicyclic) bond motifs is 1. The van der Waals surface area contributed by atoms with Crippen molar-refractivity contribution >= 4 is 40.0 Å². The number of Topliss-reactive ketones (excluding diaryl/α,β-unsaturated/α-hetero) is 1. The quantitative estimate of drug-likeness (QED) is 0.240. The van der Waals surface area contributed by atoms with Gasteiger partial charge in [-0.2, -0.15) is 0 Å². The predicted octanol–water partition coefficient (Wildman–Crippen LogP) is 4.29. The second-order valence-electron chi connectivity index (χ2n) is 7.47. The van der Waals surface area contributed by atoms with Crippen LogP contribution in [-0.2, 0) is 14.3 Å². The first-order chi connectivity index (χ1) is 15.5. The summed E-state index contributed by atoms with van der Waals surface area (Å²) >= 11 is 6.33. The fourth-order valence-corrected chi connectivity index (χ4v) is 4.30. The van der Waals surface area contributed by atoms with Gasteiger partial charge < -0.3 is 24.5 Å². The normalized spacial score (nSPS) is 18.0. The number of hydrogen-bond donors (Lipinski definition) is 2. The van der Waals surface area contributed by atoms with Gasteiger partial charge in [-0.25, -0.2) is 0 Å². The van der Waals surface area contributed by atoms with Gasteiger partial charge in [0.2, 0.25) is 0 Å². The molecule has 1 saturated heterocycles. The third-order valence-electron chi connectivity index (χ3n) is 5.63. The Kier molecular flexibility index (Phi) is 6.21. The standard InChI is InChI=1S/C24H23ClN2O5/c1-31-11-5-10-27-21(17-13-26-19-7-4-3-6-15(17)19)20(23(29)24(27)30)22(28)16-12-14(32-2)8-9-18(16)25/h3-4,6-9,12-13,21,26,28H,5,10-11H2,1-2H3/b22-20+. The number of nitrogens with zero attached hydrogens (tertiary/aromatic N) is 1. The van der Waals surface area contributed by atoms with Crippen LogP contribution in [0.5, 0.6) is 5.75 Å². The van der Waals surface area contributed by atoms with E-state index in [1.165, 1.54) is 12.0 Å². The molecule has 1 unspecified atom stereocenters. The highest BCUT2D eigenvalue weighted by Crippen LogP contribution is 2.43.